The molecule has 15 heavy (non-hydrogen) atoms. The highest BCUT2D eigenvalue weighted by atomic mass is 16.5. The Morgan fingerprint density at radius 2 is 1.67 bits per heavy atom. The first-order valence-electron chi connectivity index (χ1n) is 6.02. The summed E-state index contributed by atoms with van der Waals surface area (Å²) in [5.74, 6) is 0.628. The lowest BCUT2D eigenvalue weighted by atomic mass is 9.93. The average molecular weight is 215 g/mol. The highest BCUT2D eigenvalue weighted by molar-refractivity contribution is 4.73. The van der Waals surface area contributed by atoms with Crippen molar-refractivity contribution in [3.63, 3.8) is 0 Å². The van der Waals surface area contributed by atoms with Crippen LogP contribution in [0.5, 0.6) is 0 Å². The molecule has 0 bridgehead atoms. The van der Waals surface area contributed by atoms with Gasteiger partial charge in [-0.25, -0.2) is 0 Å². The minimum Gasteiger partial charge on any atom is -0.381 e. The van der Waals surface area contributed by atoms with Gasteiger partial charge in [0.1, 0.15) is 0 Å². The SMILES string of the molecule is CC(C)COCC(C)(C)CN(C)C(C)C. The Kier molecular flexibility index (Phi) is 6.46. The third-order valence-electron chi connectivity index (χ3n) is 2.50. The zero-order chi connectivity index (χ0) is 12.1. The Morgan fingerprint density at radius 1 is 1.13 bits per heavy atom. The summed E-state index contributed by atoms with van der Waals surface area (Å²) in [7, 11) is 2.18. The Hall–Kier alpha value is -0.0800. The van der Waals surface area contributed by atoms with Gasteiger partial charge in [-0.15, -0.1) is 0 Å². The molecule has 0 aliphatic heterocycles. The van der Waals surface area contributed by atoms with Crippen LogP contribution in [0.4, 0.5) is 0 Å². The molecule has 0 aromatic carbocycles. The normalized spacial score (nSPS) is 13.2. The van der Waals surface area contributed by atoms with E-state index in [-0.39, 0.29) is 5.41 Å². The van der Waals surface area contributed by atoms with Crippen LogP contribution in [0.3, 0.4) is 0 Å². The Morgan fingerprint density at radius 3 is 2.07 bits per heavy atom. The summed E-state index contributed by atoms with van der Waals surface area (Å²) in [5.41, 5.74) is 0.244. The second-order valence-corrected chi connectivity index (χ2v) is 6.08. The molecule has 0 unspecified atom stereocenters. The van der Waals surface area contributed by atoms with Gasteiger partial charge >= 0.3 is 0 Å². The van der Waals surface area contributed by atoms with E-state index in [1.807, 2.05) is 0 Å². The second-order valence-electron chi connectivity index (χ2n) is 6.08. The van der Waals surface area contributed by atoms with E-state index in [2.05, 4.69) is 53.5 Å². The molecule has 0 saturated heterocycles. The topological polar surface area (TPSA) is 12.5 Å². The van der Waals surface area contributed by atoms with Gasteiger partial charge in [0.2, 0.25) is 0 Å². The third kappa shape index (κ3) is 7.80. The second kappa shape index (κ2) is 6.49. The van der Waals surface area contributed by atoms with E-state index in [9.17, 15) is 0 Å². The molecule has 0 amide bonds. The predicted octanol–water partition coefficient (Wildman–Crippen LogP) is 3.03. The summed E-state index contributed by atoms with van der Waals surface area (Å²) in [6, 6.07) is 0.606. The lowest BCUT2D eigenvalue weighted by molar-refractivity contribution is 0.0272. The Labute approximate surface area is 96.0 Å². The van der Waals surface area contributed by atoms with Gasteiger partial charge in [-0.3, -0.25) is 0 Å². The zero-order valence-corrected chi connectivity index (χ0v) is 11.6. The van der Waals surface area contributed by atoms with E-state index in [1.54, 1.807) is 0 Å². The van der Waals surface area contributed by atoms with Gasteiger partial charge < -0.3 is 9.64 Å². The molecule has 0 heterocycles. The van der Waals surface area contributed by atoms with Crippen LogP contribution in [0.25, 0.3) is 0 Å². The lowest BCUT2D eigenvalue weighted by Gasteiger charge is -2.32. The van der Waals surface area contributed by atoms with Crippen molar-refractivity contribution in [1.29, 1.82) is 0 Å². The molecule has 92 valence electrons. The van der Waals surface area contributed by atoms with E-state index < -0.39 is 0 Å². The first-order valence-corrected chi connectivity index (χ1v) is 6.02. The molecule has 0 N–H and O–H groups in total. The number of hydrogen-bond donors (Lipinski definition) is 0. The predicted molar refractivity (Wildman–Crippen MR) is 67.2 cm³/mol. The minimum absolute atomic E-state index is 0.244. The fourth-order valence-corrected chi connectivity index (χ4v) is 1.47. The van der Waals surface area contributed by atoms with E-state index in [1.165, 1.54) is 0 Å². The monoisotopic (exact) mass is 215 g/mol. The smallest absolute Gasteiger partial charge is 0.0529 e. The van der Waals surface area contributed by atoms with Crippen molar-refractivity contribution in [1.82, 2.24) is 4.90 Å². The number of ether oxygens (including phenoxy) is 1. The van der Waals surface area contributed by atoms with E-state index in [0.717, 1.165) is 19.8 Å². The van der Waals surface area contributed by atoms with Crippen LogP contribution in [-0.2, 0) is 4.74 Å². The molecule has 0 atom stereocenters. The fourth-order valence-electron chi connectivity index (χ4n) is 1.47. The summed E-state index contributed by atoms with van der Waals surface area (Å²) < 4.78 is 5.71. The Bertz CT molecular complexity index is 164. The molecule has 0 aromatic heterocycles. The maximum atomic E-state index is 5.71. The summed E-state index contributed by atoms with van der Waals surface area (Å²) in [6.07, 6.45) is 0. The van der Waals surface area contributed by atoms with Crippen molar-refractivity contribution >= 4 is 0 Å². The Balaban J connectivity index is 3.85. The van der Waals surface area contributed by atoms with Crippen LogP contribution in [0, 0.1) is 11.3 Å². The summed E-state index contributed by atoms with van der Waals surface area (Å²) in [5, 5.41) is 0. The zero-order valence-electron chi connectivity index (χ0n) is 11.6. The largest absolute Gasteiger partial charge is 0.381 e. The fraction of sp³-hybridized carbons (Fsp3) is 1.00. The molecule has 0 spiro atoms. The standard InChI is InChI=1S/C13H29NO/c1-11(2)8-15-10-13(5,6)9-14(7)12(3)4/h11-12H,8-10H2,1-7H3. The van der Waals surface area contributed by atoms with Gasteiger partial charge in [0, 0.05) is 24.6 Å². The molecule has 0 rings (SSSR count). The molecule has 0 aromatic rings. The maximum absolute atomic E-state index is 5.71. The van der Waals surface area contributed by atoms with E-state index >= 15 is 0 Å². The van der Waals surface area contributed by atoms with Crippen LogP contribution in [-0.4, -0.2) is 37.7 Å². The van der Waals surface area contributed by atoms with Gasteiger partial charge in [-0.2, -0.15) is 0 Å². The van der Waals surface area contributed by atoms with Crippen LogP contribution < -0.4 is 0 Å². The minimum atomic E-state index is 0.244. The van der Waals surface area contributed by atoms with Crippen molar-refractivity contribution in [3.05, 3.63) is 0 Å². The molecule has 0 aliphatic rings. The summed E-state index contributed by atoms with van der Waals surface area (Å²) in [6.45, 7) is 16.2. The number of hydrogen-bond acceptors (Lipinski definition) is 2. The lowest BCUT2D eigenvalue weighted by Crippen LogP contribution is -2.38. The number of nitrogens with zero attached hydrogens (tertiary/aromatic N) is 1. The summed E-state index contributed by atoms with van der Waals surface area (Å²) in [4.78, 5) is 2.37. The molecular formula is C13H29NO. The van der Waals surface area contributed by atoms with Crippen molar-refractivity contribution in [2.45, 2.75) is 47.6 Å². The van der Waals surface area contributed by atoms with Crippen LogP contribution in [0.15, 0.2) is 0 Å². The maximum Gasteiger partial charge on any atom is 0.0529 e. The molecule has 2 nitrogen and oxygen atoms in total. The quantitative estimate of drug-likeness (QED) is 0.647. The van der Waals surface area contributed by atoms with Gasteiger partial charge in [-0.1, -0.05) is 27.7 Å². The molecule has 0 radical (unpaired) electrons. The summed E-state index contributed by atoms with van der Waals surface area (Å²) >= 11 is 0. The first-order chi connectivity index (χ1) is 6.74. The molecular weight excluding hydrogens is 186 g/mol. The van der Waals surface area contributed by atoms with Crippen molar-refractivity contribution in [2.24, 2.45) is 11.3 Å². The van der Waals surface area contributed by atoms with Gasteiger partial charge in [0.15, 0.2) is 0 Å². The highest BCUT2D eigenvalue weighted by Gasteiger charge is 2.21. The van der Waals surface area contributed by atoms with Crippen LogP contribution in [0.2, 0.25) is 0 Å². The first kappa shape index (κ1) is 14.9. The average Bonchev–Trinajstić information content (AvgIpc) is 2.01. The third-order valence-corrected chi connectivity index (χ3v) is 2.50. The van der Waals surface area contributed by atoms with Crippen LogP contribution >= 0.6 is 0 Å². The molecule has 2 heteroatoms. The van der Waals surface area contributed by atoms with E-state index in [4.69, 9.17) is 4.74 Å². The van der Waals surface area contributed by atoms with Crippen molar-refractivity contribution in [3.8, 4) is 0 Å². The highest BCUT2D eigenvalue weighted by Crippen LogP contribution is 2.18. The van der Waals surface area contributed by atoms with Crippen molar-refractivity contribution in [2.75, 3.05) is 26.8 Å². The van der Waals surface area contributed by atoms with Crippen LogP contribution in [0.1, 0.15) is 41.5 Å². The van der Waals surface area contributed by atoms with Gasteiger partial charge in [0.05, 0.1) is 6.61 Å². The molecule has 0 fully saturated rings. The molecule has 0 saturated carbocycles. The van der Waals surface area contributed by atoms with Gasteiger partial charge in [-0.05, 0) is 26.8 Å². The van der Waals surface area contributed by atoms with Gasteiger partial charge in [0.25, 0.3) is 0 Å². The van der Waals surface area contributed by atoms with Crippen molar-refractivity contribution < 1.29 is 4.74 Å². The van der Waals surface area contributed by atoms with E-state index in [0.29, 0.717) is 12.0 Å². The molecule has 0 aliphatic carbocycles. The number of rotatable bonds is 7.